The van der Waals surface area contributed by atoms with E-state index in [2.05, 4.69) is 22.1 Å². The second kappa shape index (κ2) is 10.7. The van der Waals surface area contributed by atoms with Crippen molar-refractivity contribution in [2.24, 2.45) is 10.9 Å². The Bertz CT molecular complexity index is 751. The van der Waals surface area contributed by atoms with Crippen LogP contribution in [0.3, 0.4) is 0 Å². The number of hydrogen-bond donors (Lipinski definition) is 1. The van der Waals surface area contributed by atoms with Gasteiger partial charge in [0.2, 0.25) is 5.88 Å². The van der Waals surface area contributed by atoms with Crippen molar-refractivity contribution in [3.63, 3.8) is 0 Å². The van der Waals surface area contributed by atoms with Crippen LogP contribution in [0.4, 0.5) is 0 Å². The van der Waals surface area contributed by atoms with Gasteiger partial charge in [0.05, 0.1) is 13.2 Å². The quantitative estimate of drug-likeness (QED) is 0.562. The van der Waals surface area contributed by atoms with E-state index in [1.807, 2.05) is 42.5 Å². The Hall–Kier alpha value is -2.60. The molecule has 6 nitrogen and oxygen atoms in total. The minimum absolute atomic E-state index is 0.512. The maximum absolute atomic E-state index is 5.83. The molecule has 1 atom stereocenters. The first-order valence-electron chi connectivity index (χ1n) is 9.92. The van der Waals surface area contributed by atoms with E-state index in [-0.39, 0.29) is 0 Å². The van der Waals surface area contributed by atoms with Crippen LogP contribution in [0.5, 0.6) is 5.88 Å². The number of likely N-dealkylation sites (tertiary alicyclic amines) is 1. The predicted octanol–water partition coefficient (Wildman–Crippen LogP) is 3.09. The van der Waals surface area contributed by atoms with Crippen molar-refractivity contribution in [3.05, 3.63) is 59.8 Å². The van der Waals surface area contributed by atoms with Gasteiger partial charge >= 0.3 is 0 Å². The fraction of sp³-hybridized carbons (Fsp3) is 0.455. The molecular formula is C22H30N4O2. The zero-order valence-corrected chi connectivity index (χ0v) is 16.8. The standard InChI is InChI=1S/C22H30N4O2/c1-3-23-22(26-12-10-20(15-26)16-27-2)25-14-19-9-11-24-21(13-19)28-17-18-7-5-4-6-8-18/h4-9,11,13,20H,3,10,12,14-17H2,1-2H3,(H,23,25). The van der Waals surface area contributed by atoms with E-state index in [9.17, 15) is 0 Å². The van der Waals surface area contributed by atoms with Gasteiger partial charge in [0.25, 0.3) is 0 Å². The van der Waals surface area contributed by atoms with Crippen molar-refractivity contribution in [1.82, 2.24) is 15.2 Å². The molecule has 1 aromatic heterocycles. The molecule has 6 heteroatoms. The van der Waals surface area contributed by atoms with Gasteiger partial charge in [-0.05, 0) is 30.5 Å². The molecule has 0 bridgehead atoms. The number of nitrogens with zero attached hydrogens (tertiary/aromatic N) is 3. The maximum atomic E-state index is 5.83. The minimum atomic E-state index is 0.512. The molecule has 1 aliphatic heterocycles. The lowest BCUT2D eigenvalue weighted by molar-refractivity contribution is 0.157. The third-order valence-corrected chi connectivity index (χ3v) is 4.76. The lowest BCUT2D eigenvalue weighted by atomic mass is 10.1. The van der Waals surface area contributed by atoms with Crippen molar-refractivity contribution in [1.29, 1.82) is 0 Å². The third kappa shape index (κ3) is 5.96. The number of rotatable bonds is 8. The van der Waals surface area contributed by atoms with Crippen LogP contribution in [0.15, 0.2) is 53.7 Å². The summed E-state index contributed by atoms with van der Waals surface area (Å²) in [6.07, 6.45) is 2.92. The van der Waals surface area contributed by atoms with Gasteiger partial charge in [0.15, 0.2) is 5.96 Å². The van der Waals surface area contributed by atoms with Crippen LogP contribution in [-0.4, -0.2) is 49.2 Å². The van der Waals surface area contributed by atoms with E-state index in [4.69, 9.17) is 14.5 Å². The highest BCUT2D eigenvalue weighted by Gasteiger charge is 2.24. The average molecular weight is 383 g/mol. The lowest BCUT2D eigenvalue weighted by Gasteiger charge is -2.21. The summed E-state index contributed by atoms with van der Waals surface area (Å²) in [5.41, 5.74) is 2.21. The lowest BCUT2D eigenvalue weighted by Crippen LogP contribution is -2.40. The summed E-state index contributed by atoms with van der Waals surface area (Å²) in [6, 6.07) is 14.1. The number of aromatic nitrogens is 1. The highest BCUT2D eigenvalue weighted by Crippen LogP contribution is 2.17. The molecule has 1 unspecified atom stereocenters. The summed E-state index contributed by atoms with van der Waals surface area (Å²) in [7, 11) is 1.77. The number of hydrogen-bond acceptors (Lipinski definition) is 4. The van der Waals surface area contributed by atoms with E-state index < -0.39 is 0 Å². The Labute approximate surface area is 167 Å². The highest BCUT2D eigenvalue weighted by molar-refractivity contribution is 5.80. The summed E-state index contributed by atoms with van der Waals surface area (Å²) in [6.45, 7) is 6.87. The van der Waals surface area contributed by atoms with Crippen LogP contribution in [0.25, 0.3) is 0 Å². The first kappa shape index (κ1) is 20.1. The molecule has 1 aliphatic rings. The average Bonchev–Trinajstić information content (AvgIpc) is 3.19. The molecule has 3 rings (SSSR count). The molecular weight excluding hydrogens is 352 g/mol. The van der Waals surface area contributed by atoms with Crippen LogP contribution in [-0.2, 0) is 17.9 Å². The van der Waals surface area contributed by atoms with Gasteiger partial charge in [-0.1, -0.05) is 30.3 Å². The fourth-order valence-corrected chi connectivity index (χ4v) is 3.35. The van der Waals surface area contributed by atoms with Gasteiger partial charge in [0.1, 0.15) is 6.61 Å². The molecule has 1 N–H and O–H groups in total. The summed E-state index contributed by atoms with van der Waals surface area (Å²) in [4.78, 5) is 11.5. The summed E-state index contributed by atoms with van der Waals surface area (Å²) >= 11 is 0. The van der Waals surface area contributed by atoms with Crippen LogP contribution in [0, 0.1) is 5.92 Å². The van der Waals surface area contributed by atoms with Gasteiger partial charge in [0, 0.05) is 44.9 Å². The Morgan fingerprint density at radius 2 is 2.11 bits per heavy atom. The Kier molecular flexibility index (Phi) is 7.67. The van der Waals surface area contributed by atoms with E-state index in [0.717, 1.165) is 49.7 Å². The van der Waals surface area contributed by atoms with Crippen LogP contribution in [0.1, 0.15) is 24.5 Å². The largest absolute Gasteiger partial charge is 0.473 e. The second-order valence-corrected chi connectivity index (χ2v) is 7.00. The third-order valence-electron chi connectivity index (χ3n) is 4.76. The maximum Gasteiger partial charge on any atom is 0.213 e. The number of nitrogens with one attached hydrogen (secondary N) is 1. The molecule has 0 saturated carbocycles. The molecule has 0 radical (unpaired) electrons. The molecule has 0 amide bonds. The van der Waals surface area contributed by atoms with E-state index >= 15 is 0 Å². The molecule has 1 saturated heterocycles. The number of methoxy groups -OCH3 is 1. The molecule has 0 spiro atoms. The van der Waals surface area contributed by atoms with Gasteiger partial charge in [-0.3, -0.25) is 0 Å². The molecule has 1 aromatic carbocycles. The zero-order chi connectivity index (χ0) is 19.6. The normalized spacial score (nSPS) is 17.0. The van der Waals surface area contributed by atoms with Gasteiger partial charge in [-0.15, -0.1) is 0 Å². The van der Waals surface area contributed by atoms with E-state index in [1.165, 1.54) is 0 Å². The van der Waals surface area contributed by atoms with Crippen molar-refractivity contribution in [2.75, 3.05) is 33.4 Å². The van der Waals surface area contributed by atoms with E-state index in [1.54, 1.807) is 13.3 Å². The van der Waals surface area contributed by atoms with Crippen molar-refractivity contribution >= 4 is 5.96 Å². The summed E-state index contributed by atoms with van der Waals surface area (Å²) in [5, 5.41) is 3.41. The van der Waals surface area contributed by atoms with Gasteiger partial charge < -0.3 is 19.7 Å². The minimum Gasteiger partial charge on any atom is -0.473 e. The first-order valence-corrected chi connectivity index (χ1v) is 9.92. The number of ether oxygens (including phenoxy) is 2. The topological polar surface area (TPSA) is 59.0 Å². The highest BCUT2D eigenvalue weighted by atomic mass is 16.5. The number of pyridine rings is 1. The van der Waals surface area contributed by atoms with E-state index in [0.29, 0.717) is 24.9 Å². The molecule has 2 heterocycles. The van der Waals surface area contributed by atoms with Crippen LogP contribution >= 0.6 is 0 Å². The first-order chi connectivity index (χ1) is 13.8. The van der Waals surface area contributed by atoms with Crippen molar-refractivity contribution in [2.45, 2.75) is 26.5 Å². The Balaban J connectivity index is 1.59. The molecule has 150 valence electrons. The van der Waals surface area contributed by atoms with Gasteiger partial charge in [-0.25, -0.2) is 9.98 Å². The smallest absolute Gasteiger partial charge is 0.213 e. The number of guanidine groups is 1. The number of benzene rings is 1. The monoisotopic (exact) mass is 382 g/mol. The SMILES string of the molecule is CCNC(=NCc1ccnc(OCc2ccccc2)c1)N1CCC(COC)C1. The molecule has 2 aromatic rings. The zero-order valence-electron chi connectivity index (χ0n) is 16.8. The summed E-state index contributed by atoms with van der Waals surface area (Å²) < 4.78 is 11.1. The predicted molar refractivity (Wildman–Crippen MR) is 111 cm³/mol. The molecule has 28 heavy (non-hydrogen) atoms. The van der Waals surface area contributed by atoms with Crippen molar-refractivity contribution in [3.8, 4) is 5.88 Å². The summed E-state index contributed by atoms with van der Waals surface area (Å²) in [5.74, 6) is 2.17. The van der Waals surface area contributed by atoms with Crippen LogP contribution < -0.4 is 10.1 Å². The Morgan fingerprint density at radius 1 is 1.25 bits per heavy atom. The Morgan fingerprint density at radius 3 is 2.89 bits per heavy atom. The molecule has 1 fully saturated rings. The molecule has 0 aliphatic carbocycles. The fourth-order valence-electron chi connectivity index (χ4n) is 3.35. The van der Waals surface area contributed by atoms with Gasteiger partial charge in [-0.2, -0.15) is 0 Å². The second-order valence-electron chi connectivity index (χ2n) is 7.00. The number of aliphatic imine (C=N–C) groups is 1. The van der Waals surface area contributed by atoms with Crippen LogP contribution in [0.2, 0.25) is 0 Å². The van der Waals surface area contributed by atoms with Crippen molar-refractivity contribution < 1.29 is 9.47 Å².